The second-order valence-corrected chi connectivity index (χ2v) is 10.6. The van der Waals surface area contributed by atoms with Crippen molar-refractivity contribution in [3.63, 3.8) is 0 Å². The van der Waals surface area contributed by atoms with Crippen molar-refractivity contribution in [2.24, 2.45) is 29.1 Å². The molecule has 1 heterocycles. The number of carbonyl (C=O) groups is 2. The van der Waals surface area contributed by atoms with Crippen LogP contribution >= 0.6 is 0 Å². The van der Waals surface area contributed by atoms with Gasteiger partial charge in [-0.05, 0) is 82.0 Å². The Hall–Kier alpha value is -1.06. The summed E-state index contributed by atoms with van der Waals surface area (Å²) in [7, 11) is 0. The van der Waals surface area contributed by atoms with E-state index in [1.54, 1.807) is 0 Å². The summed E-state index contributed by atoms with van der Waals surface area (Å²) in [6.07, 6.45) is 15.4. The molecule has 0 radical (unpaired) electrons. The van der Waals surface area contributed by atoms with Crippen LogP contribution in [0.2, 0.25) is 0 Å². The van der Waals surface area contributed by atoms with Crippen LogP contribution in [-0.4, -0.2) is 35.8 Å². The van der Waals surface area contributed by atoms with Gasteiger partial charge in [-0.25, -0.2) is 0 Å². The van der Waals surface area contributed by atoms with E-state index in [-0.39, 0.29) is 23.3 Å². The lowest BCUT2D eigenvalue weighted by Gasteiger charge is -2.57. The minimum Gasteiger partial charge on any atom is -0.353 e. The van der Waals surface area contributed by atoms with Gasteiger partial charge in [-0.15, -0.1) is 0 Å². The lowest BCUT2D eigenvalue weighted by molar-refractivity contribution is -0.158. The molecule has 0 aromatic carbocycles. The number of hydrogen-bond acceptors (Lipinski definition) is 2. The van der Waals surface area contributed by atoms with Crippen molar-refractivity contribution >= 4 is 11.8 Å². The maximum Gasteiger partial charge on any atom is 0.228 e. The van der Waals surface area contributed by atoms with E-state index in [2.05, 4.69) is 10.2 Å². The number of amides is 2. The topological polar surface area (TPSA) is 49.4 Å². The fourth-order valence-corrected chi connectivity index (χ4v) is 7.62. The van der Waals surface area contributed by atoms with Gasteiger partial charge in [0, 0.05) is 25.0 Å². The zero-order chi connectivity index (χ0) is 18.4. The summed E-state index contributed by atoms with van der Waals surface area (Å²) in [5.41, 5.74) is -0.00701. The van der Waals surface area contributed by atoms with E-state index in [0.717, 1.165) is 75.8 Å². The zero-order valence-electron chi connectivity index (χ0n) is 16.8. The van der Waals surface area contributed by atoms with E-state index in [1.807, 2.05) is 0 Å². The fourth-order valence-electron chi connectivity index (χ4n) is 7.62. The van der Waals surface area contributed by atoms with Crippen molar-refractivity contribution in [2.75, 3.05) is 13.1 Å². The molecule has 0 unspecified atom stereocenters. The highest BCUT2D eigenvalue weighted by Gasteiger charge is 2.55. The van der Waals surface area contributed by atoms with Crippen LogP contribution in [0.3, 0.4) is 0 Å². The second kappa shape index (κ2) is 7.08. The Labute approximate surface area is 163 Å². The summed E-state index contributed by atoms with van der Waals surface area (Å²) < 4.78 is 0. The Morgan fingerprint density at radius 2 is 1.33 bits per heavy atom. The highest BCUT2D eigenvalue weighted by molar-refractivity contribution is 5.83. The van der Waals surface area contributed by atoms with Crippen molar-refractivity contribution in [1.82, 2.24) is 10.2 Å². The number of carbonyl (C=O) groups excluding carboxylic acids is 2. The predicted octanol–water partition coefficient (Wildman–Crippen LogP) is 3.89. The Balaban J connectivity index is 1.15. The summed E-state index contributed by atoms with van der Waals surface area (Å²) in [4.78, 5) is 28.1. The zero-order valence-corrected chi connectivity index (χ0v) is 16.8. The normalized spacial score (nSPS) is 39.6. The smallest absolute Gasteiger partial charge is 0.228 e. The van der Waals surface area contributed by atoms with Gasteiger partial charge in [-0.3, -0.25) is 9.59 Å². The largest absolute Gasteiger partial charge is 0.353 e. The van der Waals surface area contributed by atoms with E-state index in [0.29, 0.717) is 5.91 Å². The van der Waals surface area contributed by atoms with Crippen LogP contribution in [0.25, 0.3) is 0 Å². The SMILES string of the molecule is O=C(NC1CCN(C(=O)C23CC4CC(CC(C4)C2)C3)CC1)C1CCCCC1. The van der Waals surface area contributed by atoms with Gasteiger partial charge in [0.2, 0.25) is 11.8 Å². The molecule has 150 valence electrons. The van der Waals surface area contributed by atoms with Gasteiger partial charge in [0.25, 0.3) is 0 Å². The van der Waals surface area contributed by atoms with Crippen LogP contribution in [-0.2, 0) is 9.59 Å². The van der Waals surface area contributed by atoms with Crippen molar-refractivity contribution in [3.8, 4) is 0 Å². The molecule has 6 rings (SSSR count). The van der Waals surface area contributed by atoms with Crippen molar-refractivity contribution < 1.29 is 9.59 Å². The third-order valence-electron chi connectivity index (χ3n) is 8.60. The lowest BCUT2D eigenvalue weighted by Crippen LogP contribution is -2.57. The number of likely N-dealkylation sites (tertiary alicyclic amines) is 1. The van der Waals surface area contributed by atoms with E-state index >= 15 is 0 Å². The number of nitrogens with zero attached hydrogens (tertiary/aromatic N) is 1. The number of nitrogens with one attached hydrogen (secondary N) is 1. The van der Waals surface area contributed by atoms with Crippen LogP contribution in [0.5, 0.6) is 0 Å². The van der Waals surface area contributed by atoms with Crippen LogP contribution in [0.4, 0.5) is 0 Å². The first kappa shape index (κ1) is 18.0. The van der Waals surface area contributed by atoms with Crippen LogP contribution in [0.1, 0.15) is 83.5 Å². The third-order valence-corrected chi connectivity index (χ3v) is 8.60. The molecule has 1 saturated heterocycles. The maximum absolute atomic E-state index is 13.5. The molecule has 0 spiro atoms. The highest BCUT2D eigenvalue weighted by atomic mass is 16.2. The summed E-state index contributed by atoms with van der Waals surface area (Å²) in [5.74, 6) is 3.47. The van der Waals surface area contributed by atoms with Gasteiger partial charge in [-0.1, -0.05) is 19.3 Å². The molecule has 5 aliphatic carbocycles. The summed E-state index contributed by atoms with van der Waals surface area (Å²) in [6, 6.07) is 0.278. The Bertz CT molecular complexity index is 552. The molecule has 0 aromatic rings. The molecule has 5 saturated carbocycles. The Morgan fingerprint density at radius 1 is 0.778 bits per heavy atom. The van der Waals surface area contributed by atoms with Gasteiger partial charge in [0.05, 0.1) is 5.41 Å². The van der Waals surface area contributed by atoms with Gasteiger partial charge in [0.15, 0.2) is 0 Å². The van der Waals surface area contributed by atoms with Gasteiger partial charge < -0.3 is 10.2 Å². The predicted molar refractivity (Wildman–Crippen MR) is 105 cm³/mol. The van der Waals surface area contributed by atoms with E-state index < -0.39 is 0 Å². The number of piperidine rings is 1. The lowest BCUT2D eigenvalue weighted by atomic mass is 9.49. The van der Waals surface area contributed by atoms with Gasteiger partial charge in [-0.2, -0.15) is 0 Å². The number of rotatable bonds is 3. The molecule has 1 aliphatic heterocycles. The van der Waals surface area contributed by atoms with Gasteiger partial charge in [0.1, 0.15) is 0 Å². The van der Waals surface area contributed by atoms with Crippen molar-refractivity contribution in [3.05, 3.63) is 0 Å². The molecule has 6 fully saturated rings. The molecule has 4 nitrogen and oxygen atoms in total. The van der Waals surface area contributed by atoms with Crippen LogP contribution in [0.15, 0.2) is 0 Å². The average molecular weight is 373 g/mol. The molecule has 1 N–H and O–H groups in total. The van der Waals surface area contributed by atoms with Crippen LogP contribution < -0.4 is 5.32 Å². The monoisotopic (exact) mass is 372 g/mol. The molecular weight excluding hydrogens is 336 g/mol. The summed E-state index contributed by atoms with van der Waals surface area (Å²) in [6.45, 7) is 1.69. The van der Waals surface area contributed by atoms with Crippen molar-refractivity contribution in [2.45, 2.75) is 89.5 Å². The first-order valence-corrected chi connectivity index (χ1v) is 11.7. The van der Waals surface area contributed by atoms with E-state index in [4.69, 9.17) is 0 Å². The average Bonchev–Trinajstić information content (AvgIpc) is 2.68. The molecule has 27 heavy (non-hydrogen) atoms. The Kier molecular flexibility index (Phi) is 4.72. The summed E-state index contributed by atoms with van der Waals surface area (Å²) >= 11 is 0. The third kappa shape index (κ3) is 3.42. The molecule has 0 aromatic heterocycles. The molecule has 4 heteroatoms. The van der Waals surface area contributed by atoms with Crippen LogP contribution in [0, 0.1) is 29.1 Å². The quantitative estimate of drug-likeness (QED) is 0.817. The summed E-state index contributed by atoms with van der Waals surface area (Å²) in [5, 5.41) is 3.31. The Morgan fingerprint density at radius 3 is 1.89 bits per heavy atom. The van der Waals surface area contributed by atoms with E-state index in [1.165, 1.54) is 38.5 Å². The van der Waals surface area contributed by atoms with Crippen molar-refractivity contribution in [1.29, 1.82) is 0 Å². The first-order chi connectivity index (χ1) is 13.1. The molecule has 4 bridgehead atoms. The standard InChI is InChI=1S/C23H36N2O2/c26-21(19-4-2-1-3-5-19)24-20-6-8-25(9-7-20)22(27)23-13-16-10-17(14-23)12-18(11-16)15-23/h16-20H,1-15H2,(H,24,26). The fraction of sp³-hybridized carbons (Fsp3) is 0.913. The second-order valence-electron chi connectivity index (χ2n) is 10.6. The minimum absolute atomic E-state index is 0.00701. The molecular formula is C23H36N2O2. The minimum atomic E-state index is -0.00701. The molecule has 6 aliphatic rings. The maximum atomic E-state index is 13.5. The molecule has 0 atom stereocenters. The first-order valence-electron chi connectivity index (χ1n) is 11.7. The van der Waals surface area contributed by atoms with Gasteiger partial charge >= 0.3 is 0 Å². The molecule has 2 amide bonds. The number of hydrogen-bond donors (Lipinski definition) is 1. The van der Waals surface area contributed by atoms with E-state index in [9.17, 15) is 9.59 Å². The highest BCUT2D eigenvalue weighted by Crippen LogP contribution is 2.60.